The monoisotopic (exact) mass is 459 g/mol. The summed E-state index contributed by atoms with van der Waals surface area (Å²) in [5.41, 5.74) is 0. The van der Waals surface area contributed by atoms with Crippen molar-refractivity contribution < 1.29 is 13.3 Å². The zero-order valence-corrected chi connectivity index (χ0v) is 23.0. The quantitative estimate of drug-likeness (QED) is 0.103. The van der Waals surface area contributed by atoms with Crippen LogP contribution in [0.5, 0.6) is 0 Å². The zero-order valence-electron chi connectivity index (χ0n) is 22.0. The molecule has 0 atom stereocenters. The van der Waals surface area contributed by atoms with Gasteiger partial charge >= 0.3 is 8.80 Å². The lowest BCUT2D eigenvalue weighted by atomic mass is 10.1. The van der Waals surface area contributed by atoms with Crippen LogP contribution in [0.15, 0.2) is 0 Å². The Morgan fingerprint density at radius 1 is 0.452 bits per heavy atom. The topological polar surface area (TPSA) is 30.9 Å². The minimum Gasteiger partial charge on any atom is -0.377 e. The molecule has 0 saturated carbocycles. The Bertz CT molecular complexity index is 325. The molecule has 0 spiro atoms. The first-order chi connectivity index (χ1) is 15.2. The van der Waals surface area contributed by atoms with E-state index in [9.17, 15) is 0 Å². The predicted molar refractivity (Wildman–Crippen MR) is 138 cm³/mol. The SMILES string of the molecule is CCCCCCCCCCN(CCCCCCCCCC)CCC[Si](OC)(OC)OC. The summed E-state index contributed by atoms with van der Waals surface area (Å²) in [4.78, 5) is 2.69. The molecule has 0 aliphatic rings. The Morgan fingerprint density at radius 2 is 0.774 bits per heavy atom. The second kappa shape index (κ2) is 23.2. The summed E-state index contributed by atoms with van der Waals surface area (Å²) in [7, 11) is 2.73. The number of unbranched alkanes of at least 4 members (excludes halogenated alkanes) is 14. The van der Waals surface area contributed by atoms with Crippen molar-refractivity contribution in [2.24, 2.45) is 0 Å². The van der Waals surface area contributed by atoms with Crippen molar-refractivity contribution in [3.63, 3.8) is 0 Å². The lowest BCUT2D eigenvalue weighted by Crippen LogP contribution is -2.43. The molecule has 0 aliphatic carbocycles. The van der Waals surface area contributed by atoms with Crippen LogP contribution >= 0.6 is 0 Å². The maximum Gasteiger partial charge on any atom is 0.500 e. The highest BCUT2D eigenvalue weighted by atomic mass is 28.4. The lowest BCUT2D eigenvalue weighted by Gasteiger charge is -2.27. The van der Waals surface area contributed by atoms with Gasteiger partial charge in [0, 0.05) is 27.4 Å². The molecule has 0 unspecified atom stereocenters. The maximum atomic E-state index is 5.60. The standard InChI is InChI=1S/C26H57NO3Si/c1-6-8-10-12-14-16-18-20-23-27(24-21-19-17-15-13-11-9-7-2)25-22-26-31(28-3,29-4)30-5/h6-26H2,1-5H3. The van der Waals surface area contributed by atoms with Crippen molar-refractivity contribution in [2.45, 2.75) is 129 Å². The van der Waals surface area contributed by atoms with E-state index in [1.54, 1.807) is 21.3 Å². The molecule has 31 heavy (non-hydrogen) atoms. The van der Waals surface area contributed by atoms with Crippen molar-refractivity contribution >= 4 is 8.80 Å². The molecule has 0 bridgehead atoms. The summed E-state index contributed by atoms with van der Waals surface area (Å²) in [6.45, 7) is 8.21. The molecule has 4 nitrogen and oxygen atoms in total. The smallest absolute Gasteiger partial charge is 0.377 e. The Morgan fingerprint density at radius 3 is 1.13 bits per heavy atom. The fourth-order valence-corrected chi connectivity index (χ4v) is 6.05. The van der Waals surface area contributed by atoms with E-state index in [1.165, 1.54) is 116 Å². The molecule has 0 heterocycles. The number of hydrogen-bond donors (Lipinski definition) is 0. The fraction of sp³-hybridized carbons (Fsp3) is 1.00. The molecule has 0 amide bonds. The van der Waals surface area contributed by atoms with Crippen LogP contribution in [-0.2, 0) is 13.3 Å². The van der Waals surface area contributed by atoms with E-state index in [2.05, 4.69) is 18.7 Å². The molecule has 0 saturated heterocycles. The van der Waals surface area contributed by atoms with Gasteiger partial charge in [0.15, 0.2) is 0 Å². The van der Waals surface area contributed by atoms with Gasteiger partial charge in [0.05, 0.1) is 0 Å². The van der Waals surface area contributed by atoms with Gasteiger partial charge in [-0.25, -0.2) is 0 Å². The minimum atomic E-state index is -2.43. The Labute approximate surface area is 197 Å². The third kappa shape index (κ3) is 18.2. The summed E-state index contributed by atoms with van der Waals surface area (Å²) in [6, 6.07) is 0.905. The first-order valence-electron chi connectivity index (χ1n) is 13.6. The molecule has 0 aromatic heterocycles. The van der Waals surface area contributed by atoms with E-state index in [1.807, 2.05) is 0 Å². The number of rotatable bonds is 25. The van der Waals surface area contributed by atoms with Gasteiger partial charge in [-0.3, -0.25) is 0 Å². The van der Waals surface area contributed by atoms with E-state index >= 15 is 0 Å². The van der Waals surface area contributed by atoms with Crippen molar-refractivity contribution in [1.29, 1.82) is 0 Å². The van der Waals surface area contributed by atoms with Crippen LogP contribution in [0.25, 0.3) is 0 Å². The van der Waals surface area contributed by atoms with E-state index in [0.29, 0.717) is 0 Å². The normalized spacial score (nSPS) is 12.2. The lowest BCUT2D eigenvalue weighted by molar-refractivity contribution is 0.121. The van der Waals surface area contributed by atoms with Gasteiger partial charge in [0.2, 0.25) is 0 Å². The molecule has 188 valence electrons. The summed E-state index contributed by atoms with van der Waals surface area (Å²) in [5.74, 6) is 0. The molecule has 5 heteroatoms. The van der Waals surface area contributed by atoms with Gasteiger partial charge in [-0.2, -0.15) is 0 Å². The predicted octanol–water partition coefficient (Wildman–Crippen LogP) is 7.84. The van der Waals surface area contributed by atoms with Crippen LogP contribution < -0.4 is 0 Å². The molecule has 0 fully saturated rings. The summed E-state index contributed by atoms with van der Waals surface area (Å²) < 4.78 is 16.8. The van der Waals surface area contributed by atoms with E-state index in [-0.39, 0.29) is 0 Å². The fourth-order valence-electron chi connectivity index (χ4n) is 4.35. The van der Waals surface area contributed by atoms with E-state index in [4.69, 9.17) is 13.3 Å². The summed E-state index contributed by atoms with van der Waals surface area (Å²) in [5, 5.41) is 0. The van der Waals surface area contributed by atoms with Crippen LogP contribution in [-0.4, -0.2) is 54.7 Å². The van der Waals surface area contributed by atoms with Gasteiger partial charge in [-0.1, -0.05) is 104 Å². The molecule has 0 radical (unpaired) electrons. The Kier molecular flexibility index (Phi) is 23.3. The molecule has 0 rings (SSSR count). The molecular weight excluding hydrogens is 402 g/mol. The van der Waals surface area contributed by atoms with Crippen LogP contribution in [0.3, 0.4) is 0 Å². The van der Waals surface area contributed by atoms with Crippen molar-refractivity contribution in [1.82, 2.24) is 4.90 Å². The average Bonchev–Trinajstić information content (AvgIpc) is 2.80. The van der Waals surface area contributed by atoms with E-state index in [0.717, 1.165) is 19.0 Å². The maximum absolute atomic E-state index is 5.60. The minimum absolute atomic E-state index is 0.905. The Hall–Kier alpha value is 0.0569. The van der Waals surface area contributed by atoms with Crippen LogP contribution in [0.1, 0.15) is 123 Å². The van der Waals surface area contributed by atoms with Gasteiger partial charge in [-0.05, 0) is 38.9 Å². The molecule has 0 aliphatic heterocycles. The first-order valence-corrected chi connectivity index (χ1v) is 15.5. The van der Waals surface area contributed by atoms with Gasteiger partial charge in [0.25, 0.3) is 0 Å². The second-order valence-corrected chi connectivity index (χ2v) is 12.3. The van der Waals surface area contributed by atoms with Crippen molar-refractivity contribution in [3.8, 4) is 0 Å². The summed E-state index contributed by atoms with van der Waals surface area (Å²) >= 11 is 0. The van der Waals surface area contributed by atoms with Crippen LogP contribution in [0.2, 0.25) is 6.04 Å². The zero-order chi connectivity index (χ0) is 23.0. The highest BCUT2D eigenvalue weighted by molar-refractivity contribution is 6.60. The van der Waals surface area contributed by atoms with Gasteiger partial charge < -0.3 is 18.2 Å². The highest BCUT2D eigenvalue weighted by Crippen LogP contribution is 2.17. The highest BCUT2D eigenvalue weighted by Gasteiger charge is 2.36. The molecular formula is C26H57NO3Si. The molecule has 0 N–H and O–H groups in total. The van der Waals surface area contributed by atoms with Gasteiger partial charge in [-0.15, -0.1) is 0 Å². The molecule has 0 aromatic carbocycles. The first kappa shape index (κ1) is 31.1. The third-order valence-corrected chi connectivity index (χ3v) is 9.38. The van der Waals surface area contributed by atoms with Gasteiger partial charge in [0.1, 0.15) is 0 Å². The number of hydrogen-bond acceptors (Lipinski definition) is 4. The average molecular weight is 460 g/mol. The van der Waals surface area contributed by atoms with Crippen molar-refractivity contribution in [2.75, 3.05) is 41.0 Å². The largest absolute Gasteiger partial charge is 0.500 e. The third-order valence-electron chi connectivity index (χ3n) is 6.55. The van der Waals surface area contributed by atoms with Crippen LogP contribution in [0.4, 0.5) is 0 Å². The Balaban J connectivity index is 4.14. The molecule has 0 aromatic rings. The van der Waals surface area contributed by atoms with E-state index < -0.39 is 8.80 Å². The van der Waals surface area contributed by atoms with Crippen molar-refractivity contribution in [3.05, 3.63) is 0 Å². The number of nitrogens with zero attached hydrogens (tertiary/aromatic N) is 1. The van der Waals surface area contributed by atoms with Crippen LogP contribution in [0, 0.1) is 0 Å². The second-order valence-electron chi connectivity index (χ2n) is 9.19. The summed E-state index contributed by atoms with van der Waals surface area (Å²) in [6.07, 6.45) is 23.4.